The average Bonchev–Trinajstić information content (AvgIpc) is 3.10. The highest BCUT2D eigenvalue weighted by Gasteiger charge is 2.07. The first-order valence-corrected chi connectivity index (χ1v) is 7.96. The molecule has 0 bridgehead atoms. The third-order valence-corrected chi connectivity index (χ3v) is 3.78. The molecular weight excluding hydrogens is 317 g/mol. The molecule has 0 aliphatic heterocycles. The lowest BCUT2D eigenvalue weighted by Gasteiger charge is -2.12. The minimum absolute atomic E-state index is 0.204. The molecule has 0 aliphatic carbocycles. The predicted octanol–water partition coefficient (Wildman–Crippen LogP) is 3.90. The highest BCUT2D eigenvalue weighted by molar-refractivity contribution is 5.91. The summed E-state index contributed by atoms with van der Waals surface area (Å²) in [6.07, 6.45) is 6.72. The SMILES string of the molecule is C[C@H](NC(=O)/C=C/c1cnn(-c2ccccc2)c1)c1ccc(F)cc1. The van der Waals surface area contributed by atoms with Crippen molar-refractivity contribution in [2.45, 2.75) is 13.0 Å². The van der Waals surface area contributed by atoms with Crippen LogP contribution in [-0.2, 0) is 4.79 Å². The van der Waals surface area contributed by atoms with E-state index < -0.39 is 0 Å². The Labute approximate surface area is 145 Å². The quantitative estimate of drug-likeness (QED) is 0.719. The van der Waals surface area contributed by atoms with Gasteiger partial charge in [0.1, 0.15) is 5.82 Å². The number of nitrogens with zero attached hydrogens (tertiary/aromatic N) is 2. The Kier molecular flexibility index (Phi) is 5.04. The Balaban J connectivity index is 1.61. The molecule has 5 heteroatoms. The zero-order valence-corrected chi connectivity index (χ0v) is 13.8. The standard InChI is InChI=1S/C20H18FN3O/c1-15(17-8-10-18(21)11-9-17)23-20(25)12-7-16-13-22-24(14-16)19-5-3-2-4-6-19/h2-15H,1H3,(H,23,25)/b12-7+/t15-/m0/s1. The number of amides is 1. The molecule has 1 atom stereocenters. The summed E-state index contributed by atoms with van der Waals surface area (Å²) in [6.45, 7) is 1.85. The van der Waals surface area contributed by atoms with E-state index in [1.54, 1.807) is 29.1 Å². The molecule has 1 N–H and O–H groups in total. The number of carbonyl (C=O) groups excluding carboxylic acids is 1. The number of rotatable bonds is 5. The maximum Gasteiger partial charge on any atom is 0.244 e. The van der Waals surface area contributed by atoms with Crippen molar-refractivity contribution in [3.8, 4) is 5.69 Å². The maximum atomic E-state index is 12.9. The molecule has 1 amide bonds. The molecule has 1 aromatic heterocycles. The molecule has 0 saturated heterocycles. The molecule has 0 aliphatic rings. The highest BCUT2D eigenvalue weighted by Crippen LogP contribution is 2.13. The fourth-order valence-corrected chi connectivity index (χ4v) is 2.41. The second-order valence-electron chi connectivity index (χ2n) is 5.67. The molecule has 1 heterocycles. The zero-order chi connectivity index (χ0) is 17.6. The Hall–Kier alpha value is -3.21. The van der Waals surface area contributed by atoms with Gasteiger partial charge in [-0.15, -0.1) is 0 Å². The van der Waals surface area contributed by atoms with Gasteiger partial charge in [-0.2, -0.15) is 5.10 Å². The average molecular weight is 335 g/mol. The molecule has 0 spiro atoms. The van der Waals surface area contributed by atoms with Gasteiger partial charge in [0, 0.05) is 17.8 Å². The lowest BCUT2D eigenvalue weighted by molar-refractivity contribution is -0.117. The van der Waals surface area contributed by atoms with E-state index in [1.807, 2.05) is 43.5 Å². The van der Waals surface area contributed by atoms with Crippen molar-refractivity contribution < 1.29 is 9.18 Å². The van der Waals surface area contributed by atoms with Gasteiger partial charge < -0.3 is 5.32 Å². The first kappa shape index (κ1) is 16.6. The van der Waals surface area contributed by atoms with Crippen LogP contribution in [0, 0.1) is 5.82 Å². The van der Waals surface area contributed by atoms with Gasteiger partial charge in [0.2, 0.25) is 5.91 Å². The van der Waals surface area contributed by atoms with Gasteiger partial charge in [0.05, 0.1) is 17.9 Å². The van der Waals surface area contributed by atoms with Gasteiger partial charge in [-0.25, -0.2) is 9.07 Å². The van der Waals surface area contributed by atoms with E-state index in [0.29, 0.717) is 0 Å². The van der Waals surface area contributed by atoms with Crippen LogP contribution in [0.2, 0.25) is 0 Å². The van der Waals surface area contributed by atoms with E-state index in [1.165, 1.54) is 18.2 Å². The van der Waals surface area contributed by atoms with Gasteiger partial charge >= 0.3 is 0 Å². The summed E-state index contributed by atoms with van der Waals surface area (Å²) in [5.41, 5.74) is 2.63. The molecule has 3 rings (SSSR count). The normalized spacial score (nSPS) is 12.2. The van der Waals surface area contributed by atoms with Crippen molar-refractivity contribution in [3.05, 3.63) is 90.0 Å². The number of hydrogen-bond acceptors (Lipinski definition) is 2. The predicted molar refractivity (Wildman–Crippen MR) is 95.6 cm³/mol. The Morgan fingerprint density at radius 1 is 1.16 bits per heavy atom. The third kappa shape index (κ3) is 4.41. The van der Waals surface area contributed by atoms with E-state index in [2.05, 4.69) is 10.4 Å². The molecule has 4 nitrogen and oxygen atoms in total. The van der Waals surface area contributed by atoms with Crippen LogP contribution < -0.4 is 5.32 Å². The van der Waals surface area contributed by atoms with E-state index >= 15 is 0 Å². The highest BCUT2D eigenvalue weighted by atomic mass is 19.1. The summed E-state index contributed by atoms with van der Waals surface area (Å²) in [7, 11) is 0. The largest absolute Gasteiger partial charge is 0.346 e. The number of halogens is 1. The number of benzene rings is 2. The van der Waals surface area contributed by atoms with E-state index in [0.717, 1.165) is 16.8 Å². The van der Waals surface area contributed by atoms with Crippen molar-refractivity contribution in [3.63, 3.8) is 0 Å². The summed E-state index contributed by atoms with van der Waals surface area (Å²) in [6, 6.07) is 15.6. The Morgan fingerprint density at radius 3 is 2.60 bits per heavy atom. The minimum atomic E-state index is -0.294. The van der Waals surface area contributed by atoms with Crippen LogP contribution in [0.25, 0.3) is 11.8 Å². The summed E-state index contributed by atoms with van der Waals surface area (Å²) < 4.78 is 14.7. The van der Waals surface area contributed by atoms with Crippen LogP contribution in [0.5, 0.6) is 0 Å². The number of nitrogens with one attached hydrogen (secondary N) is 1. The van der Waals surface area contributed by atoms with Crippen molar-refractivity contribution in [1.82, 2.24) is 15.1 Å². The number of para-hydroxylation sites is 1. The van der Waals surface area contributed by atoms with Crippen LogP contribution in [0.15, 0.2) is 73.1 Å². The van der Waals surface area contributed by atoms with E-state index in [-0.39, 0.29) is 17.8 Å². The summed E-state index contributed by atoms with van der Waals surface area (Å²) in [5, 5.41) is 7.13. The van der Waals surface area contributed by atoms with E-state index in [9.17, 15) is 9.18 Å². The molecule has 0 saturated carbocycles. The topological polar surface area (TPSA) is 46.9 Å². The van der Waals surface area contributed by atoms with Crippen molar-refractivity contribution in [2.75, 3.05) is 0 Å². The summed E-state index contributed by atoms with van der Waals surface area (Å²) in [5.74, 6) is -0.512. The molecule has 3 aromatic rings. The third-order valence-electron chi connectivity index (χ3n) is 3.78. The molecule has 0 radical (unpaired) electrons. The van der Waals surface area contributed by atoms with Gasteiger partial charge in [0.25, 0.3) is 0 Å². The molecule has 0 unspecified atom stereocenters. The molecular formula is C20H18FN3O. The smallest absolute Gasteiger partial charge is 0.244 e. The Bertz CT molecular complexity index is 869. The number of aromatic nitrogens is 2. The second kappa shape index (κ2) is 7.57. The van der Waals surface area contributed by atoms with Crippen molar-refractivity contribution in [2.24, 2.45) is 0 Å². The first-order valence-electron chi connectivity index (χ1n) is 7.96. The monoisotopic (exact) mass is 335 g/mol. The van der Waals surface area contributed by atoms with Crippen LogP contribution in [-0.4, -0.2) is 15.7 Å². The minimum Gasteiger partial charge on any atom is -0.346 e. The molecule has 126 valence electrons. The van der Waals surface area contributed by atoms with Crippen molar-refractivity contribution in [1.29, 1.82) is 0 Å². The van der Waals surface area contributed by atoms with Crippen LogP contribution in [0.3, 0.4) is 0 Å². The van der Waals surface area contributed by atoms with Gasteiger partial charge in [-0.1, -0.05) is 30.3 Å². The fourth-order valence-electron chi connectivity index (χ4n) is 2.41. The second-order valence-corrected chi connectivity index (χ2v) is 5.67. The molecule has 25 heavy (non-hydrogen) atoms. The summed E-state index contributed by atoms with van der Waals surface area (Å²) in [4.78, 5) is 12.0. The number of hydrogen-bond donors (Lipinski definition) is 1. The van der Waals surface area contributed by atoms with Crippen molar-refractivity contribution >= 4 is 12.0 Å². The molecule has 0 fully saturated rings. The van der Waals surface area contributed by atoms with Crippen LogP contribution in [0.4, 0.5) is 4.39 Å². The lowest BCUT2D eigenvalue weighted by atomic mass is 10.1. The fraction of sp³-hybridized carbons (Fsp3) is 0.100. The van der Waals surface area contributed by atoms with Gasteiger partial charge in [0.15, 0.2) is 0 Å². The zero-order valence-electron chi connectivity index (χ0n) is 13.8. The van der Waals surface area contributed by atoms with E-state index in [4.69, 9.17) is 0 Å². The molecule has 2 aromatic carbocycles. The van der Waals surface area contributed by atoms with Crippen LogP contribution in [0.1, 0.15) is 24.1 Å². The number of carbonyl (C=O) groups is 1. The summed E-state index contributed by atoms with van der Waals surface area (Å²) >= 11 is 0. The van der Waals surface area contributed by atoms with Gasteiger partial charge in [-0.3, -0.25) is 4.79 Å². The lowest BCUT2D eigenvalue weighted by Crippen LogP contribution is -2.24. The maximum absolute atomic E-state index is 12.9. The van der Waals surface area contributed by atoms with Crippen LogP contribution >= 0.6 is 0 Å². The Morgan fingerprint density at radius 2 is 1.88 bits per heavy atom. The first-order chi connectivity index (χ1) is 12.1. The van der Waals surface area contributed by atoms with Gasteiger partial charge in [-0.05, 0) is 42.8 Å².